The van der Waals surface area contributed by atoms with Gasteiger partial charge in [-0.2, -0.15) is 0 Å². The van der Waals surface area contributed by atoms with Crippen LogP contribution in [0, 0.1) is 5.82 Å². The molecule has 0 aliphatic heterocycles. The van der Waals surface area contributed by atoms with Crippen LogP contribution < -0.4 is 5.73 Å². The van der Waals surface area contributed by atoms with Gasteiger partial charge in [-0.1, -0.05) is 6.07 Å². The third-order valence-corrected chi connectivity index (χ3v) is 2.78. The van der Waals surface area contributed by atoms with Crippen LogP contribution in [0.1, 0.15) is 12.0 Å². The summed E-state index contributed by atoms with van der Waals surface area (Å²) in [5, 5.41) is 0. The zero-order chi connectivity index (χ0) is 12.7. The number of hydrogen-bond donors (Lipinski definition) is 1. The van der Waals surface area contributed by atoms with Gasteiger partial charge in [0.15, 0.2) is 0 Å². The molecule has 0 atom stereocenters. The Morgan fingerprint density at radius 3 is 2.82 bits per heavy atom. The van der Waals surface area contributed by atoms with E-state index in [0.717, 1.165) is 16.9 Å². The molecule has 17 heavy (non-hydrogen) atoms. The first-order valence-corrected chi connectivity index (χ1v) is 6.26. The molecule has 0 radical (unpaired) electrons. The standard InChI is InChI=1S/C12H18FN3S/c1-16(2)9-15-17-11-6-5-10(4-3-7-14)12(13)8-11/h5-6,8-9H,3-4,7,14H2,1-2H3. The number of hydrogen-bond acceptors (Lipinski definition) is 3. The summed E-state index contributed by atoms with van der Waals surface area (Å²) in [7, 11) is 3.78. The van der Waals surface area contributed by atoms with Crippen LogP contribution in [0.2, 0.25) is 0 Å². The van der Waals surface area contributed by atoms with Gasteiger partial charge in [-0.25, -0.2) is 8.79 Å². The lowest BCUT2D eigenvalue weighted by Crippen LogP contribution is -2.06. The highest BCUT2D eigenvalue weighted by molar-refractivity contribution is 7.98. The molecular weight excluding hydrogens is 237 g/mol. The van der Waals surface area contributed by atoms with Gasteiger partial charge < -0.3 is 10.6 Å². The van der Waals surface area contributed by atoms with Crippen LogP contribution in [-0.2, 0) is 6.42 Å². The molecule has 0 heterocycles. The summed E-state index contributed by atoms with van der Waals surface area (Å²) in [5.41, 5.74) is 6.12. The quantitative estimate of drug-likeness (QED) is 0.482. The molecule has 0 saturated carbocycles. The Morgan fingerprint density at radius 1 is 1.47 bits per heavy atom. The van der Waals surface area contributed by atoms with Gasteiger partial charge in [-0.3, -0.25) is 0 Å². The fraction of sp³-hybridized carbons (Fsp3) is 0.417. The Morgan fingerprint density at radius 2 is 2.24 bits per heavy atom. The van der Waals surface area contributed by atoms with Crippen LogP contribution in [0.3, 0.4) is 0 Å². The minimum atomic E-state index is -0.177. The summed E-state index contributed by atoms with van der Waals surface area (Å²) >= 11 is 1.26. The largest absolute Gasteiger partial charge is 0.368 e. The van der Waals surface area contributed by atoms with Crippen molar-refractivity contribution < 1.29 is 4.39 Å². The lowest BCUT2D eigenvalue weighted by molar-refractivity contribution is 0.601. The highest BCUT2D eigenvalue weighted by atomic mass is 32.2. The Kier molecular flexibility index (Phi) is 6.00. The summed E-state index contributed by atoms with van der Waals surface area (Å²) in [5.74, 6) is -0.177. The Balaban J connectivity index is 2.62. The second-order valence-electron chi connectivity index (χ2n) is 3.92. The van der Waals surface area contributed by atoms with Gasteiger partial charge in [0.1, 0.15) is 5.82 Å². The second-order valence-corrected chi connectivity index (χ2v) is 4.79. The van der Waals surface area contributed by atoms with Crippen molar-refractivity contribution >= 4 is 18.3 Å². The smallest absolute Gasteiger partial charge is 0.127 e. The van der Waals surface area contributed by atoms with Crippen LogP contribution >= 0.6 is 11.9 Å². The maximum Gasteiger partial charge on any atom is 0.127 e. The molecule has 0 amide bonds. The molecular formula is C12H18FN3S. The van der Waals surface area contributed by atoms with Gasteiger partial charge in [0, 0.05) is 30.9 Å². The molecule has 2 N–H and O–H groups in total. The topological polar surface area (TPSA) is 41.6 Å². The van der Waals surface area contributed by atoms with Gasteiger partial charge in [-0.15, -0.1) is 0 Å². The molecule has 0 spiro atoms. The molecule has 0 aliphatic carbocycles. The van der Waals surface area contributed by atoms with Gasteiger partial charge in [0.05, 0.1) is 6.34 Å². The summed E-state index contributed by atoms with van der Waals surface area (Å²) in [6.07, 6.45) is 3.18. The van der Waals surface area contributed by atoms with Crippen molar-refractivity contribution in [3.05, 3.63) is 29.6 Å². The predicted molar refractivity (Wildman–Crippen MR) is 71.8 cm³/mol. The minimum Gasteiger partial charge on any atom is -0.368 e. The van der Waals surface area contributed by atoms with Gasteiger partial charge in [-0.05, 0) is 37.1 Å². The lowest BCUT2D eigenvalue weighted by atomic mass is 10.1. The molecule has 0 unspecified atom stereocenters. The number of rotatable bonds is 6. The van der Waals surface area contributed by atoms with Crippen molar-refractivity contribution in [2.45, 2.75) is 17.7 Å². The zero-order valence-electron chi connectivity index (χ0n) is 10.2. The lowest BCUT2D eigenvalue weighted by Gasteiger charge is -2.04. The van der Waals surface area contributed by atoms with E-state index < -0.39 is 0 Å². The first kappa shape index (κ1) is 14.0. The highest BCUT2D eigenvalue weighted by Crippen LogP contribution is 2.22. The minimum absolute atomic E-state index is 0.177. The van der Waals surface area contributed by atoms with Crippen molar-refractivity contribution in [2.24, 2.45) is 10.1 Å². The summed E-state index contributed by atoms with van der Waals surface area (Å²) in [6.45, 7) is 0.586. The third-order valence-electron chi connectivity index (χ3n) is 2.11. The van der Waals surface area contributed by atoms with Crippen LogP contribution in [0.15, 0.2) is 27.5 Å². The number of benzene rings is 1. The van der Waals surface area contributed by atoms with Gasteiger partial charge in [0.2, 0.25) is 0 Å². The van der Waals surface area contributed by atoms with Crippen LogP contribution in [0.4, 0.5) is 4.39 Å². The van der Waals surface area contributed by atoms with E-state index >= 15 is 0 Å². The summed E-state index contributed by atoms with van der Waals surface area (Å²) < 4.78 is 17.7. The Labute approximate surface area is 106 Å². The van der Waals surface area contributed by atoms with E-state index in [9.17, 15) is 4.39 Å². The van der Waals surface area contributed by atoms with E-state index in [1.807, 2.05) is 25.1 Å². The van der Waals surface area contributed by atoms with Gasteiger partial charge >= 0.3 is 0 Å². The zero-order valence-corrected chi connectivity index (χ0v) is 11.0. The Hall–Kier alpha value is -1.07. The van der Waals surface area contributed by atoms with E-state index in [0.29, 0.717) is 13.0 Å². The van der Waals surface area contributed by atoms with Crippen molar-refractivity contribution in [3.8, 4) is 0 Å². The first-order chi connectivity index (χ1) is 8.13. The number of nitrogens with zero attached hydrogens (tertiary/aromatic N) is 2. The molecule has 0 bridgehead atoms. The van der Waals surface area contributed by atoms with Crippen LogP contribution in [-0.4, -0.2) is 31.9 Å². The number of aryl methyl sites for hydroxylation is 1. The Bertz CT molecular complexity index is 380. The SMILES string of the molecule is CN(C)C=NSc1ccc(CCCN)c(F)c1. The normalized spacial score (nSPS) is 11.1. The monoisotopic (exact) mass is 255 g/mol. The second kappa shape index (κ2) is 7.29. The number of halogens is 1. The summed E-state index contributed by atoms with van der Waals surface area (Å²) in [4.78, 5) is 2.64. The highest BCUT2D eigenvalue weighted by Gasteiger charge is 2.03. The molecule has 0 saturated heterocycles. The van der Waals surface area contributed by atoms with Crippen LogP contribution in [0.5, 0.6) is 0 Å². The average molecular weight is 255 g/mol. The third kappa shape index (κ3) is 5.19. The molecule has 0 aromatic heterocycles. The molecule has 1 aromatic rings. The average Bonchev–Trinajstić information content (AvgIpc) is 2.27. The molecule has 94 valence electrons. The number of nitrogens with two attached hydrogens (primary N) is 1. The summed E-state index contributed by atoms with van der Waals surface area (Å²) in [6, 6.07) is 5.20. The maximum absolute atomic E-state index is 13.6. The fourth-order valence-electron chi connectivity index (χ4n) is 1.26. The van der Waals surface area contributed by atoms with Crippen molar-refractivity contribution in [1.82, 2.24) is 4.90 Å². The van der Waals surface area contributed by atoms with Crippen molar-refractivity contribution in [1.29, 1.82) is 0 Å². The molecule has 1 rings (SSSR count). The van der Waals surface area contributed by atoms with E-state index in [2.05, 4.69) is 4.40 Å². The van der Waals surface area contributed by atoms with Crippen molar-refractivity contribution in [3.63, 3.8) is 0 Å². The molecule has 0 fully saturated rings. The van der Waals surface area contributed by atoms with E-state index in [1.54, 1.807) is 12.4 Å². The molecule has 0 aliphatic rings. The molecule has 1 aromatic carbocycles. The molecule has 3 nitrogen and oxygen atoms in total. The van der Waals surface area contributed by atoms with E-state index in [1.165, 1.54) is 18.0 Å². The van der Waals surface area contributed by atoms with Crippen molar-refractivity contribution in [2.75, 3.05) is 20.6 Å². The first-order valence-electron chi connectivity index (χ1n) is 5.49. The predicted octanol–water partition coefficient (Wildman–Crippen LogP) is 2.31. The maximum atomic E-state index is 13.6. The fourth-order valence-corrected chi connectivity index (χ4v) is 1.90. The van der Waals surface area contributed by atoms with E-state index in [4.69, 9.17) is 5.73 Å². The van der Waals surface area contributed by atoms with E-state index in [-0.39, 0.29) is 5.82 Å². The van der Waals surface area contributed by atoms with Crippen LogP contribution in [0.25, 0.3) is 0 Å². The van der Waals surface area contributed by atoms with Gasteiger partial charge in [0.25, 0.3) is 0 Å². The molecule has 5 heteroatoms.